The average molecular weight is 266 g/mol. The van der Waals surface area contributed by atoms with Crippen LogP contribution in [0.5, 0.6) is 11.5 Å². The molecule has 2 N–H and O–H groups in total. The summed E-state index contributed by atoms with van der Waals surface area (Å²) >= 11 is 0. The van der Waals surface area contributed by atoms with Gasteiger partial charge in [-0.3, -0.25) is 4.90 Å². The van der Waals surface area contributed by atoms with Crippen LogP contribution >= 0.6 is 0 Å². The highest BCUT2D eigenvalue weighted by molar-refractivity contribution is 5.42. The highest BCUT2D eigenvalue weighted by Crippen LogP contribution is 2.29. The van der Waals surface area contributed by atoms with Crippen molar-refractivity contribution in [2.45, 2.75) is 32.4 Å². The fraction of sp³-hybridized carbons (Fsp3) is 0.600. The van der Waals surface area contributed by atoms with Gasteiger partial charge in [0.15, 0.2) is 11.5 Å². The van der Waals surface area contributed by atoms with Crippen LogP contribution in [0.2, 0.25) is 0 Å². The Morgan fingerprint density at radius 2 is 1.84 bits per heavy atom. The van der Waals surface area contributed by atoms with E-state index in [1.165, 1.54) is 5.56 Å². The predicted octanol–water partition coefficient (Wildman–Crippen LogP) is 2.26. The largest absolute Gasteiger partial charge is 0.493 e. The zero-order valence-electron chi connectivity index (χ0n) is 12.7. The van der Waals surface area contributed by atoms with E-state index in [0.29, 0.717) is 6.54 Å². The lowest BCUT2D eigenvalue weighted by atomic mass is 9.96. The van der Waals surface area contributed by atoms with E-state index in [2.05, 4.69) is 31.9 Å². The fourth-order valence-corrected chi connectivity index (χ4v) is 2.01. The molecule has 0 fully saturated rings. The molecule has 0 aromatic heterocycles. The molecule has 1 unspecified atom stereocenters. The molecule has 108 valence electrons. The smallest absolute Gasteiger partial charge is 0.161 e. The van der Waals surface area contributed by atoms with Crippen molar-refractivity contribution >= 4 is 0 Å². The zero-order valence-corrected chi connectivity index (χ0v) is 12.7. The number of likely N-dealkylation sites (N-methyl/N-ethyl adjacent to an activating group) is 1. The highest BCUT2D eigenvalue weighted by Gasteiger charge is 2.25. The first-order valence-electron chi connectivity index (χ1n) is 6.63. The molecular formula is C15H26N2O2. The van der Waals surface area contributed by atoms with Crippen LogP contribution in [-0.4, -0.2) is 38.3 Å². The first kappa shape index (κ1) is 15.8. The summed E-state index contributed by atoms with van der Waals surface area (Å²) < 4.78 is 10.6. The van der Waals surface area contributed by atoms with E-state index in [4.69, 9.17) is 15.2 Å². The van der Waals surface area contributed by atoms with E-state index in [-0.39, 0.29) is 5.54 Å². The highest BCUT2D eigenvalue weighted by atomic mass is 16.5. The molecule has 0 aliphatic carbocycles. The third-order valence-corrected chi connectivity index (χ3v) is 3.99. The van der Waals surface area contributed by atoms with Gasteiger partial charge in [0, 0.05) is 18.6 Å². The lowest BCUT2D eigenvalue weighted by molar-refractivity contribution is 0.131. The van der Waals surface area contributed by atoms with E-state index in [0.717, 1.165) is 24.5 Å². The molecule has 0 amide bonds. The molecule has 0 radical (unpaired) electrons. The number of ether oxygens (including phenoxy) is 2. The predicted molar refractivity (Wildman–Crippen MR) is 78.8 cm³/mol. The Kier molecular flexibility index (Phi) is 5.63. The quantitative estimate of drug-likeness (QED) is 0.822. The van der Waals surface area contributed by atoms with Crippen LogP contribution < -0.4 is 15.2 Å². The number of rotatable bonds is 7. The summed E-state index contributed by atoms with van der Waals surface area (Å²) in [5.74, 6) is 1.52. The Labute approximate surface area is 116 Å². The first-order chi connectivity index (χ1) is 9.00. The maximum absolute atomic E-state index is 5.89. The van der Waals surface area contributed by atoms with Crippen LogP contribution in [0, 0.1) is 0 Å². The topological polar surface area (TPSA) is 47.7 Å². The van der Waals surface area contributed by atoms with Gasteiger partial charge in [-0.2, -0.15) is 0 Å². The molecule has 0 saturated heterocycles. The second kappa shape index (κ2) is 6.78. The van der Waals surface area contributed by atoms with Crippen LogP contribution in [-0.2, 0) is 6.54 Å². The van der Waals surface area contributed by atoms with Gasteiger partial charge in [0.2, 0.25) is 0 Å². The van der Waals surface area contributed by atoms with Crippen molar-refractivity contribution in [1.29, 1.82) is 0 Å². The third-order valence-electron chi connectivity index (χ3n) is 3.99. The number of methoxy groups -OCH3 is 2. The van der Waals surface area contributed by atoms with Crippen molar-refractivity contribution < 1.29 is 9.47 Å². The fourth-order valence-electron chi connectivity index (χ4n) is 2.01. The second-order valence-electron chi connectivity index (χ2n) is 5.10. The van der Waals surface area contributed by atoms with Gasteiger partial charge in [-0.25, -0.2) is 0 Å². The van der Waals surface area contributed by atoms with E-state index < -0.39 is 0 Å². The molecule has 1 aromatic rings. The van der Waals surface area contributed by atoms with Crippen molar-refractivity contribution in [3.8, 4) is 11.5 Å². The lowest BCUT2D eigenvalue weighted by Crippen LogP contribution is -2.48. The Morgan fingerprint density at radius 1 is 1.21 bits per heavy atom. The molecule has 0 aliphatic rings. The minimum atomic E-state index is 0.0210. The summed E-state index contributed by atoms with van der Waals surface area (Å²) in [6.45, 7) is 5.83. The normalized spacial score (nSPS) is 14.3. The van der Waals surface area contributed by atoms with Gasteiger partial charge < -0.3 is 15.2 Å². The van der Waals surface area contributed by atoms with Gasteiger partial charge >= 0.3 is 0 Å². The van der Waals surface area contributed by atoms with Crippen molar-refractivity contribution in [2.75, 3.05) is 27.8 Å². The molecule has 1 aromatic carbocycles. The van der Waals surface area contributed by atoms with E-state index in [1.54, 1.807) is 14.2 Å². The maximum Gasteiger partial charge on any atom is 0.161 e. The van der Waals surface area contributed by atoms with Gasteiger partial charge in [0.05, 0.1) is 14.2 Å². The second-order valence-corrected chi connectivity index (χ2v) is 5.10. The van der Waals surface area contributed by atoms with Gasteiger partial charge in [0.1, 0.15) is 0 Å². The third kappa shape index (κ3) is 3.61. The van der Waals surface area contributed by atoms with Crippen LogP contribution in [0.25, 0.3) is 0 Å². The van der Waals surface area contributed by atoms with E-state index in [9.17, 15) is 0 Å². The number of hydrogen-bond donors (Lipinski definition) is 1. The Morgan fingerprint density at radius 3 is 2.32 bits per heavy atom. The maximum atomic E-state index is 5.89. The molecule has 0 bridgehead atoms. The Bertz CT molecular complexity index is 403. The molecular weight excluding hydrogens is 240 g/mol. The van der Waals surface area contributed by atoms with Crippen molar-refractivity contribution in [3.05, 3.63) is 23.8 Å². The Hall–Kier alpha value is -1.26. The molecule has 4 heteroatoms. The molecule has 1 rings (SSSR count). The first-order valence-corrected chi connectivity index (χ1v) is 6.63. The van der Waals surface area contributed by atoms with Crippen LogP contribution in [0.15, 0.2) is 18.2 Å². The van der Waals surface area contributed by atoms with Crippen molar-refractivity contribution in [2.24, 2.45) is 5.73 Å². The average Bonchev–Trinajstić information content (AvgIpc) is 2.45. The summed E-state index contributed by atoms with van der Waals surface area (Å²) in [5, 5.41) is 0. The summed E-state index contributed by atoms with van der Waals surface area (Å²) in [6.07, 6.45) is 1.02. The molecule has 0 heterocycles. The molecule has 4 nitrogen and oxygen atoms in total. The van der Waals surface area contributed by atoms with Gasteiger partial charge in [-0.05, 0) is 38.1 Å². The zero-order chi connectivity index (χ0) is 14.5. The van der Waals surface area contributed by atoms with E-state index >= 15 is 0 Å². The molecule has 0 saturated carbocycles. The molecule has 0 aliphatic heterocycles. The summed E-state index contributed by atoms with van der Waals surface area (Å²) in [7, 11) is 5.40. The summed E-state index contributed by atoms with van der Waals surface area (Å²) in [4.78, 5) is 2.29. The number of nitrogens with two attached hydrogens (primary N) is 1. The van der Waals surface area contributed by atoms with Crippen LogP contribution in [0.1, 0.15) is 25.8 Å². The SMILES string of the molecule is CCC(C)(CN)N(C)Cc1ccc(OC)c(OC)c1. The minimum Gasteiger partial charge on any atom is -0.493 e. The van der Waals surface area contributed by atoms with Gasteiger partial charge in [-0.15, -0.1) is 0 Å². The van der Waals surface area contributed by atoms with Crippen molar-refractivity contribution in [1.82, 2.24) is 4.90 Å². The molecule has 0 spiro atoms. The monoisotopic (exact) mass is 266 g/mol. The number of benzene rings is 1. The molecule has 1 atom stereocenters. The summed E-state index contributed by atoms with van der Waals surface area (Å²) in [6, 6.07) is 6.01. The summed E-state index contributed by atoms with van der Waals surface area (Å²) in [5.41, 5.74) is 7.10. The van der Waals surface area contributed by atoms with E-state index in [1.807, 2.05) is 12.1 Å². The molecule has 19 heavy (non-hydrogen) atoms. The van der Waals surface area contributed by atoms with Crippen LogP contribution in [0.3, 0.4) is 0 Å². The number of nitrogens with zero attached hydrogens (tertiary/aromatic N) is 1. The number of hydrogen-bond acceptors (Lipinski definition) is 4. The van der Waals surface area contributed by atoms with Crippen molar-refractivity contribution in [3.63, 3.8) is 0 Å². The van der Waals surface area contributed by atoms with Crippen LogP contribution in [0.4, 0.5) is 0 Å². The Balaban J connectivity index is 2.88. The standard InChI is InChI=1S/C15H26N2O2/c1-6-15(2,11-16)17(3)10-12-7-8-13(18-4)14(9-12)19-5/h7-9H,6,10-11,16H2,1-5H3. The lowest BCUT2D eigenvalue weighted by Gasteiger charge is -2.37. The minimum absolute atomic E-state index is 0.0210. The van der Waals surface area contributed by atoms with Gasteiger partial charge in [-0.1, -0.05) is 13.0 Å². The van der Waals surface area contributed by atoms with Gasteiger partial charge in [0.25, 0.3) is 0 Å².